The molecule has 0 atom stereocenters. The zero-order valence-corrected chi connectivity index (χ0v) is 80.9. The quantitative estimate of drug-likeness (QED) is 0.0935. The summed E-state index contributed by atoms with van der Waals surface area (Å²) in [5.41, 5.74) is 10.2. The number of fused-ring (bicyclic) bond motifs is 10. The summed E-state index contributed by atoms with van der Waals surface area (Å²) in [6, 6.07) is 103. The van der Waals surface area contributed by atoms with E-state index in [4.69, 9.17) is 23.7 Å². The Labute approximate surface area is 859 Å². The average Bonchev–Trinajstić information content (AvgIpc) is 0.774. The number of nitrogens with zero attached hydrogens (tertiary/aromatic N) is 15. The van der Waals surface area contributed by atoms with Gasteiger partial charge < -0.3 is 77.8 Å². The molecule has 15 aromatic rings. The minimum absolute atomic E-state index is 0.00379. The molecule has 0 radical (unpaired) electrons. The first-order valence-electron chi connectivity index (χ1n) is 49.2. The van der Waals surface area contributed by atoms with E-state index in [1.807, 2.05) is 239 Å². The fourth-order valence-electron chi connectivity index (χ4n) is 19.7. The van der Waals surface area contributed by atoms with E-state index in [9.17, 15) is 64.2 Å². The maximum atomic E-state index is 14.2. The number of halogens is 8. The Hall–Kier alpha value is -18.0. The van der Waals surface area contributed by atoms with Gasteiger partial charge >= 0.3 is 30.2 Å². The second-order valence-electron chi connectivity index (χ2n) is 36.3. The third kappa shape index (κ3) is 19.9. The van der Waals surface area contributed by atoms with Crippen molar-refractivity contribution >= 4 is 115 Å². The van der Waals surface area contributed by atoms with Crippen molar-refractivity contribution in [2.45, 2.75) is 6.61 Å². The Bertz CT molecular complexity index is 7250. The molecule has 10 aliphatic rings. The number of carbonyl (C=O) groups is 5. The number of hydrogen-bond donors (Lipinski definition) is 1. The van der Waals surface area contributed by atoms with Gasteiger partial charge in [-0.2, -0.15) is 0 Å². The molecule has 10 heterocycles. The summed E-state index contributed by atoms with van der Waals surface area (Å²) < 4.78 is 140. The molecular weight excluding hydrogens is 1930 g/mol. The maximum absolute atomic E-state index is 14.2. The number of urea groups is 5. The molecule has 0 saturated carbocycles. The van der Waals surface area contributed by atoms with E-state index in [0.29, 0.717) is 159 Å². The lowest BCUT2D eigenvalue weighted by Gasteiger charge is -2.40. The van der Waals surface area contributed by atoms with Gasteiger partial charge in [-0.15, -0.1) is 0 Å². The van der Waals surface area contributed by atoms with Crippen LogP contribution in [0.5, 0.6) is 57.5 Å². The van der Waals surface area contributed by atoms with Crippen molar-refractivity contribution in [3.05, 3.63) is 392 Å². The maximum Gasteiger partial charge on any atom is 0.329 e. The molecule has 0 unspecified atom stereocenters. The van der Waals surface area contributed by atoms with Crippen LogP contribution in [0, 0.1) is 46.5 Å². The highest BCUT2D eigenvalue weighted by molar-refractivity contribution is 6.08. The van der Waals surface area contributed by atoms with Gasteiger partial charge in [-0.25, -0.2) is 59.1 Å². The molecular formula is C116H99F8N15O11. The minimum Gasteiger partial charge on any atom is -0.453 e. The topological polar surface area (TPSA) is 200 Å². The van der Waals surface area contributed by atoms with Gasteiger partial charge in [0.25, 0.3) is 0 Å². The van der Waals surface area contributed by atoms with Crippen molar-refractivity contribution in [3.8, 4) is 57.5 Å². The predicted octanol–water partition coefficient (Wildman–Crippen LogP) is 25.0. The van der Waals surface area contributed by atoms with Crippen molar-refractivity contribution in [1.82, 2.24) is 24.5 Å². The zero-order valence-electron chi connectivity index (χ0n) is 80.9. The lowest BCUT2D eigenvalue weighted by Crippen LogP contribution is -2.52. The van der Waals surface area contributed by atoms with E-state index in [1.54, 1.807) is 90.1 Å². The molecule has 0 spiro atoms. The third-order valence-corrected chi connectivity index (χ3v) is 27.4. The average molecular weight is 2030 g/mol. The number of benzene rings is 15. The molecule has 25 rings (SSSR count). The highest BCUT2D eigenvalue weighted by Crippen LogP contribution is 2.54. The summed E-state index contributed by atoms with van der Waals surface area (Å²) in [4.78, 5) is 94.2. The van der Waals surface area contributed by atoms with Crippen molar-refractivity contribution < 1.29 is 87.9 Å². The van der Waals surface area contributed by atoms with Crippen molar-refractivity contribution in [1.29, 1.82) is 0 Å². The fourth-order valence-corrected chi connectivity index (χ4v) is 19.7. The fraction of sp³-hybridized carbons (Fsp3) is 0.181. The number of anilines is 15. The number of rotatable bonds is 6. The number of amides is 10. The third-order valence-electron chi connectivity index (χ3n) is 27.4. The molecule has 5 saturated heterocycles. The molecule has 10 aliphatic heterocycles. The molecule has 150 heavy (non-hydrogen) atoms. The van der Waals surface area contributed by atoms with Gasteiger partial charge in [-0.05, 0) is 188 Å². The molecule has 1 N–H and O–H groups in total. The highest BCUT2D eigenvalue weighted by Gasteiger charge is 2.42. The number of aliphatic hydroxyl groups is 1. The summed E-state index contributed by atoms with van der Waals surface area (Å²) >= 11 is 0. The largest absolute Gasteiger partial charge is 0.453 e. The monoisotopic (exact) mass is 2030 g/mol. The van der Waals surface area contributed by atoms with Crippen LogP contribution in [0.4, 0.5) is 144 Å². The first kappa shape index (κ1) is 98.1. The normalized spacial score (nSPS) is 15.3. The van der Waals surface area contributed by atoms with E-state index in [2.05, 4.69) is 39.0 Å². The van der Waals surface area contributed by atoms with Gasteiger partial charge in [-0.3, -0.25) is 24.5 Å². The van der Waals surface area contributed by atoms with Gasteiger partial charge in [0.2, 0.25) is 5.82 Å². The SMILES string of the molecule is O=C(N1CCN(c2c(F)c(F)c(F)c(F)c2F)CC1)N1c2ccccc2Oc2ccccc21.O=C(N1CCN(c2c(F)cccc2F)CC1)N1c2ccccc2Oc2ccccc21.O=C(N1CCN(c2ccc(CO)cc2)CC1)N1c2ccccc2Oc2ccccc21.O=C(N1CCN(c2ccc(F)cc2)CC1)N1c2ccccc2Oc2ccccc21.O=C(N1CCN(c2ccccc2)CC1)N1c2ccccc2Oc2ccccc21. The number of ether oxygens (including phenoxy) is 5. The Morgan fingerprint density at radius 3 is 0.627 bits per heavy atom. The van der Waals surface area contributed by atoms with Crippen LogP contribution in [-0.2, 0) is 6.61 Å². The first-order valence-corrected chi connectivity index (χ1v) is 49.2. The molecule has 34 heteroatoms. The van der Waals surface area contributed by atoms with Crippen LogP contribution in [0.15, 0.2) is 340 Å². The first-order chi connectivity index (χ1) is 73.3. The number of piperazine rings is 5. The Morgan fingerprint density at radius 1 is 0.200 bits per heavy atom. The molecule has 26 nitrogen and oxygen atoms in total. The lowest BCUT2D eigenvalue weighted by atomic mass is 10.1. The molecule has 5 fully saturated rings. The number of para-hydroxylation sites is 22. The molecule has 0 bridgehead atoms. The van der Waals surface area contributed by atoms with Crippen LogP contribution in [0.1, 0.15) is 5.56 Å². The summed E-state index contributed by atoms with van der Waals surface area (Å²) in [5.74, 6) is -5.07. The van der Waals surface area contributed by atoms with E-state index < -0.39 is 52.4 Å². The molecule has 0 aliphatic carbocycles. The van der Waals surface area contributed by atoms with Crippen molar-refractivity contribution in [2.75, 3.05) is 180 Å². The van der Waals surface area contributed by atoms with Gasteiger partial charge in [0, 0.05) is 148 Å². The number of carbonyl (C=O) groups excluding carboxylic acids is 5. The number of aliphatic hydroxyl groups excluding tert-OH is 1. The van der Waals surface area contributed by atoms with Crippen LogP contribution in [0.25, 0.3) is 0 Å². The molecule has 0 aromatic heterocycles. The van der Waals surface area contributed by atoms with Crippen LogP contribution in [0.2, 0.25) is 0 Å². The smallest absolute Gasteiger partial charge is 0.329 e. The molecule has 15 aromatic carbocycles. The number of hydrogen-bond acceptors (Lipinski definition) is 16. The Balaban J connectivity index is 0.000000110. The van der Waals surface area contributed by atoms with Gasteiger partial charge in [0.15, 0.2) is 80.8 Å². The standard InChI is InChI=1S/C24H23N3O3.C23H16F5N3O2.C23H19F2N3O2.C23H20FN3O2.C23H21N3O2/c28-17-18-9-11-19(12-10-18)25-13-15-26(16-14-25)24(29)27-20-5-1-3-7-22(20)30-23-8-4-2-6-21(23)27;24-17-18(25)20(27)22(21(28)19(17)26)29-9-11-30(12-10-29)23(32)31-13-5-1-3-7-15(13)33-16-8-4-2-6-14(16)31;24-16-6-5-7-17(25)22(16)26-12-14-27(15-13-26)23(29)28-18-8-1-3-10-20(18)30-21-11-4-2-9-19(21)28;24-17-9-11-18(12-10-17)25-13-15-26(16-14-25)23(28)27-19-5-1-3-7-21(19)29-22-8-4-2-6-20(22)27;27-23(25-16-14-24(15-17-25)18-8-2-1-3-9-18)26-19-10-4-6-12-21(19)28-22-13-7-5-11-20(22)26/h1-12,28H,13-17H2;1-8H,9-12H2;1-11H,12-15H2;1-12H,13-16H2;1-13H,14-17H2. The second kappa shape index (κ2) is 43.4. The van der Waals surface area contributed by atoms with Crippen LogP contribution < -0.4 is 72.7 Å². The van der Waals surface area contributed by atoms with Crippen LogP contribution in [-0.4, -0.2) is 191 Å². The van der Waals surface area contributed by atoms with E-state index in [-0.39, 0.29) is 68.4 Å². The van der Waals surface area contributed by atoms with E-state index >= 15 is 0 Å². The van der Waals surface area contributed by atoms with Crippen molar-refractivity contribution in [3.63, 3.8) is 0 Å². The second-order valence-corrected chi connectivity index (χ2v) is 36.3. The zero-order chi connectivity index (χ0) is 103. The van der Waals surface area contributed by atoms with Gasteiger partial charge in [-0.1, -0.05) is 158 Å². The predicted molar refractivity (Wildman–Crippen MR) is 559 cm³/mol. The molecule has 760 valence electrons. The summed E-state index contributed by atoms with van der Waals surface area (Å²) in [6.07, 6.45) is 0. The lowest BCUT2D eigenvalue weighted by molar-refractivity contribution is 0.202. The summed E-state index contributed by atoms with van der Waals surface area (Å²) in [5, 5.41) is 9.23. The molecule has 10 amide bonds. The minimum atomic E-state index is -2.20. The van der Waals surface area contributed by atoms with E-state index in [1.165, 1.54) is 45.8 Å². The van der Waals surface area contributed by atoms with Crippen molar-refractivity contribution in [2.24, 2.45) is 0 Å². The summed E-state index contributed by atoms with van der Waals surface area (Å²) in [7, 11) is 0. The van der Waals surface area contributed by atoms with E-state index in [0.717, 1.165) is 82.1 Å². The van der Waals surface area contributed by atoms with Crippen LogP contribution in [0.3, 0.4) is 0 Å². The Morgan fingerprint density at radius 2 is 0.393 bits per heavy atom. The Kier molecular flexibility index (Phi) is 28.4. The van der Waals surface area contributed by atoms with Gasteiger partial charge in [0.1, 0.15) is 28.8 Å². The van der Waals surface area contributed by atoms with Gasteiger partial charge in [0.05, 0.1) is 63.5 Å². The summed E-state index contributed by atoms with van der Waals surface area (Å²) in [6.45, 7) is 9.67. The highest BCUT2D eigenvalue weighted by atomic mass is 19.2. The van der Waals surface area contributed by atoms with Crippen LogP contribution >= 0.6 is 0 Å².